The molecule has 0 radical (unpaired) electrons. The fourth-order valence-corrected chi connectivity index (χ4v) is 4.94. The van der Waals surface area contributed by atoms with E-state index in [1.165, 1.54) is 0 Å². The van der Waals surface area contributed by atoms with Crippen LogP contribution in [0.5, 0.6) is 0 Å². The van der Waals surface area contributed by atoms with Crippen molar-refractivity contribution in [2.45, 2.75) is 109 Å². The Morgan fingerprint density at radius 2 is 2.07 bits per heavy atom. The van der Waals surface area contributed by atoms with Crippen LogP contribution < -0.4 is 0 Å². The summed E-state index contributed by atoms with van der Waals surface area (Å²) in [6.07, 6.45) is 9.39. The van der Waals surface area contributed by atoms with Gasteiger partial charge in [-0.05, 0) is 57.8 Å². The maximum Gasteiger partial charge on any atom is 0.305 e. The molecule has 1 aliphatic carbocycles. The van der Waals surface area contributed by atoms with Gasteiger partial charge in [-0.3, -0.25) is 4.79 Å². The molecule has 2 aliphatic rings. The van der Waals surface area contributed by atoms with Crippen LogP contribution in [0.3, 0.4) is 0 Å². The lowest BCUT2D eigenvalue weighted by molar-refractivity contribution is -0.314. The molecule has 1 saturated heterocycles. The van der Waals surface area contributed by atoms with Gasteiger partial charge >= 0.3 is 5.97 Å². The highest BCUT2D eigenvalue weighted by molar-refractivity contribution is 5.69. The zero-order valence-corrected chi connectivity index (χ0v) is 19.0. The van der Waals surface area contributed by atoms with Crippen molar-refractivity contribution in [1.82, 2.24) is 0 Å². The predicted molar refractivity (Wildman–Crippen MR) is 115 cm³/mol. The summed E-state index contributed by atoms with van der Waals surface area (Å²) in [5, 5.41) is 10.6. The van der Waals surface area contributed by atoms with E-state index >= 15 is 4.39 Å². The van der Waals surface area contributed by atoms with Crippen LogP contribution in [0.25, 0.3) is 0 Å². The standard InChI is InChI=1S/C24H41FO5/c1-4-7-13-22(25)24(29-6-3)16-15-19-18(20(26)17-21(19)30-24)12-10-8-9-11-14-23(27)28-5-2/h8,10,18-22,26H,4-7,9,11-17H2,1-3H3/t18-,19-,20+,21-,22?,24?/m1/s1. The van der Waals surface area contributed by atoms with Gasteiger partial charge in [0.05, 0.1) is 18.8 Å². The van der Waals surface area contributed by atoms with Gasteiger partial charge < -0.3 is 19.3 Å². The Balaban J connectivity index is 1.86. The number of aliphatic hydroxyl groups excluding tert-OH is 1. The lowest BCUT2D eigenvalue weighted by Crippen LogP contribution is -2.52. The number of rotatable bonds is 13. The number of ether oxygens (including phenoxy) is 3. The third-order valence-corrected chi connectivity index (χ3v) is 6.48. The van der Waals surface area contributed by atoms with Crippen LogP contribution in [0.15, 0.2) is 12.2 Å². The van der Waals surface area contributed by atoms with E-state index in [1.54, 1.807) is 0 Å². The number of fused-ring (bicyclic) bond motifs is 1. The van der Waals surface area contributed by atoms with Crippen LogP contribution in [-0.4, -0.2) is 48.5 Å². The number of hydrogen-bond donors (Lipinski definition) is 1. The summed E-state index contributed by atoms with van der Waals surface area (Å²) >= 11 is 0. The molecule has 0 bridgehead atoms. The monoisotopic (exact) mass is 428 g/mol. The lowest BCUT2D eigenvalue weighted by Gasteiger charge is -2.45. The maximum absolute atomic E-state index is 15.0. The molecule has 1 saturated carbocycles. The van der Waals surface area contributed by atoms with Gasteiger partial charge in [-0.15, -0.1) is 0 Å². The quantitative estimate of drug-likeness (QED) is 0.251. The van der Waals surface area contributed by atoms with Gasteiger partial charge in [0.25, 0.3) is 0 Å². The van der Waals surface area contributed by atoms with Crippen LogP contribution in [-0.2, 0) is 19.0 Å². The largest absolute Gasteiger partial charge is 0.466 e. The first-order valence-electron chi connectivity index (χ1n) is 11.9. The van der Waals surface area contributed by atoms with Crippen LogP contribution in [0, 0.1) is 11.8 Å². The first-order chi connectivity index (χ1) is 14.5. The molecule has 0 spiro atoms. The molecule has 0 aromatic carbocycles. The van der Waals surface area contributed by atoms with E-state index in [0.29, 0.717) is 38.9 Å². The highest BCUT2D eigenvalue weighted by atomic mass is 19.1. The maximum atomic E-state index is 15.0. The zero-order chi connectivity index (χ0) is 22.0. The van der Waals surface area contributed by atoms with E-state index < -0.39 is 18.1 Å². The van der Waals surface area contributed by atoms with Crippen molar-refractivity contribution in [3.8, 4) is 0 Å². The zero-order valence-electron chi connectivity index (χ0n) is 19.0. The van der Waals surface area contributed by atoms with Crippen molar-refractivity contribution < 1.29 is 28.5 Å². The number of carbonyl (C=O) groups is 1. The molecule has 2 fully saturated rings. The number of allylic oxidation sites excluding steroid dienone is 2. The van der Waals surface area contributed by atoms with E-state index in [0.717, 1.165) is 38.5 Å². The van der Waals surface area contributed by atoms with Gasteiger partial charge in [0.2, 0.25) is 0 Å². The summed E-state index contributed by atoms with van der Waals surface area (Å²) < 4.78 is 32.1. The average Bonchev–Trinajstić information content (AvgIpc) is 3.03. The normalized spacial score (nSPS) is 32.3. The molecule has 0 amide bonds. The smallest absolute Gasteiger partial charge is 0.305 e. The summed E-state index contributed by atoms with van der Waals surface area (Å²) in [4.78, 5) is 11.4. The van der Waals surface area contributed by atoms with E-state index in [1.807, 2.05) is 13.8 Å². The van der Waals surface area contributed by atoms with Crippen molar-refractivity contribution >= 4 is 5.97 Å². The van der Waals surface area contributed by atoms with Crippen LogP contribution in [0.1, 0.15) is 85.0 Å². The van der Waals surface area contributed by atoms with Gasteiger partial charge in [0.1, 0.15) is 0 Å². The van der Waals surface area contributed by atoms with E-state index in [2.05, 4.69) is 19.1 Å². The molecule has 6 atom stereocenters. The molecule has 1 aliphatic heterocycles. The third-order valence-electron chi connectivity index (χ3n) is 6.48. The molecule has 30 heavy (non-hydrogen) atoms. The van der Waals surface area contributed by atoms with Crippen LogP contribution >= 0.6 is 0 Å². The Labute approximate surface area is 181 Å². The Kier molecular flexibility index (Phi) is 10.8. The van der Waals surface area contributed by atoms with E-state index in [4.69, 9.17) is 14.2 Å². The van der Waals surface area contributed by atoms with Gasteiger partial charge in [-0.1, -0.05) is 31.9 Å². The van der Waals surface area contributed by atoms with Gasteiger partial charge in [0.15, 0.2) is 12.0 Å². The van der Waals surface area contributed by atoms with Crippen molar-refractivity contribution in [3.63, 3.8) is 0 Å². The Bertz CT molecular complexity index is 540. The summed E-state index contributed by atoms with van der Waals surface area (Å²) in [6, 6.07) is 0. The van der Waals surface area contributed by atoms with Crippen LogP contribution in [0.4, 0.5) is 4.39 Å². The first-order valence-corrected chi connectivity index (χ1v) is 11.9. The molecular formula is C24H41FO5. The molecule has 1 heterocycles. The summed E-state index contributed by atoms with van der Waals surface area (Å²) in [5.41, 5.74) is 0. The minimum Gasteiger partial charge on any atom is -0.466 e. The molecule has 0 aromatic rings. The van der Waals surface area contributed by atoms with E-state index in [9.17, 15) is 9.90 Å². The second-order valence-electron chi connectivity index (χ2n) is 8.58. The molecule has 5 nitrogen and oxygen atoms in total. The van der Waals surface area contributed by atoms with Gasteiger partial charge in [-0.2, -0.15) is 0 Å². The van der Waals surface area contributed by atoms with Gasteiger partial charge in [0, 0.05) is 25.9 Å². The molecule has 2 unspecified atom stereocenters. The summed E-state index contributed by atoms with van der Waals surface area (Å²) in [5.74, 6) is -0.939. The minimum absolute atomic E-state index is 0.129. The average molecular weight is 429 g/mol. The number of carbonyl (C=O) groups excluding carboxylic acids is 1. The SMILES string of the molecule is CCCCC(F)C1(OCC)CC[C@@H]2[C@@H](CC=CCCCC(=O)OCC)[C@@H](O)C[C@H]2O1. The molecular weight excluding hydrogens is 387 g/mol. The molecule has 2 rings (SSSR count). The number of esters is 1. The first kappa shape index (κ1) is 25.3. The second-order valence-corrected chi connectivity index (χ2v) is 8.58. The number of halogens is 1. The predicted octanol–water partition coefficient (Wildman–Crippen LogP) is 5.10. The number of alkyl halides is 1. The highest BCUT2D eigenvalue weighted by Crippen LogP contribution is 2.48. The second kappa shape index (κ2) is 12.8. The van der Waals surface area contributed by atoms with Crippen molar-refractivity contribution in [2.75, 3.05) is 13.2 Å². The molecule has 0 aromatic heterocycles. The lowest BCUT2D eigenvalue weighted by atomic mass is 9.82. The number of aliphatic hydroxyl groups is 1. The molecule has 1 N–H and O–H groups in total. The van der Waals surface area contributed by atoms with E-state index in [-0.39, 0.29) is 23.9 Å². The third kappa shape index (κ3) is 6.76. The minimum atomic E-state index is -1.15. The molecule has 174 valence electrons. The number of hydrogen-bond acceptors (Lipinski definition) is 5. The fourth-order valence-electron chi connectivity index (χ4n) is 4.94. The Hall–Kier alpha value is -0.980. The topological polar surface area (TPSA) is 65.0 Å². The van der Waals surface area contributed by atoms with Crippen molar-refractivity contribution in [1.29, 1.82) is 0 Å². The summed E-state index contributed by atoms with van der Waals surface area (Å²) in [6.45, 7) is 6.59. The van der Waals surface area contributed by atoms with Crippen LogP contribution in [0.2, 0.25) is 0 Å². The van der Waals surface area contributed by atoms with Crippen molar-refractivity contribution in [3.05, 3.63) is 12.2 Å². The van der Waals surface area contributed by atoms with Gasteiger partial charge in [-0.25, -0.2) is 4.39 Å². The fraction of sp³-hybridized carbons (Fsp3) is 0.875. The highest BCUT2D eigenvalue weighted by Gasteiger charge is 2.53. The summed E-state index contributed by atoms with van der Waals surface area (Å²) in [7, 11) is 0. The Morgan fingerprint density at radius 1 is 1.27 bits per heavy atom. The number of unbranched alkanes of at least 4 members (excludes halogenated alkanes) is 2. The Morgan fingerprint density at radius 3 is 2.77 bits per heavy atom. The van der Waals surface area contributed by atoms with Crippen molar-refractivity contribution in [2.24, 2.45) is 11.8 Å². The molecule has 6 heteroatoms.